The van der Waals surface area contributed by atoms with Crippen LogP contribution in [-0.2, 0) is 13.8 Å². The minimum Gasteiger partial charge on any atom is -0.394 e. The zero-order valence-electron chi connectivity index (χ0n) is 8.84. The Bertz CT molecular complexity index is 381. The molecule has 0 aromatic rings. The Morgan fingerprint density at radius 2 is 2.00 bits per heavy atom. The van der Waals surface area contributed by atoms with Crippen molar-refractivity contribution in [1.29, 1.82) is 0 Å². The van der Waals surface area contributed by atoms with Crippen LogP contribution in [0.4, 0.5) is 0 Å². The van der Waals surface area contributed by atoms with Crippen molar-refractivity contribution in [3.05, 3.63) is 10.4 Å². The highest BCUT2D eigenvalue weighted by Gasteiger charge is 2.46. The topological polar surface area (TPSA) is 185 Å². The van der Waals surface area contributed by atoms with Crippen LogP contribution in [0.25, 0.3) is 10.4 Å². The quantitative estimate of drug-likeness (QED) is 0.173. The number of hydrogen-bond donors (Lipinski definition) is 5. The van der Waals surface area contributed by atoms with Crippen molar-refractivity contribution < 1.29 is 38.9 Å². The van der Waals surface area contributed by atoms with E-state index in [1.54, 1.807) is 0 Å². The molecule has 1 aliphatic rings. The molecule has 11 nitrogen and oxygen atoms in total. The van der Waals surface area contributed by atoms with Crippen molar-refractivity contribution in [2.75, 3.05) is 6.61 Å². The first kappa shape index (κ1) is 15.3. The van der Waals surface area contributed by atoms with Crippen LogP contribution in [0.1, 0.15) is 0 Å². The van der Waals surface area contributed by atoms with Crippen molar-refractivity contribution in [3.8, 4) is 0 Å². The number of aliphatic hydroxyl groups is 3. The Morgan fingerprint density at radius 3 is 2.44 bits per heavy atom. The van der Waals surface area contributed by atoms with Crippen LogP contribution in [0.3, 0.4) is 0 Å². The van der Waals surface area contributed by atoms with Gasteiger partial charge in [0, 0.05) is 4.91 Å². The Balaban J connectivity index is 2.95. The van der Waals surface area contributed by atoms with E-state index in [1.165, 1.54) is 0 Å². The summed E-state index contributed by atoms with van der Waals surface area (Å²) < 4.78 is 19.7. The number of aliphatic hydroxyl groups excluding tert-OH is 3. The summed E-state index contributed by atoms with van der Waals surface area (Å²) in [5, 5.41) is 31.0. The molecule has 0 bridgehead atoms. The van der Waals surface area contributed by atoms with Gasteiger partial charge in [0.15, 0.2) is 6.29 Å². The number of ether oxygens (including phenoxy) is 1. The summed E-state index contributed by atoms with van der Waals surface area (Å²) in [7, 11) is -4.96. The SMILES string of the molecule is [N-]=[N+]=N[C@@H]1[C@H](OP(=O)(O)O)O[C@H](CO)[C@@H](O)[C@@H]1O. The zero-order chi connectivity index (χ0) is 13.9. The first-order chi connectivity index (χ1) is 8.30. The van der Waals surface area contributed by atoms with E-state index < -0.39 is 45.1 Å². The molecule has 0 aliphatic carbocycles. The highest BCUT2D eigenvalue weighted by molar-refractivity contribution is 7.46. The molecule has 0 spiro atoms. The van der Waals surface area contributed by atoms with Crippen molar-refractivity contribution in [2.45, 2.75) is 30.6 Å². The Morgan fingerprint density at radius 1 is 1.39 bits per heavy atom. The third-order valence-corrected chi connectivity index (χ3v) is 2.76. The molecule has 1 heterocycles. The largest absolute Gasteiger partial charge is 0.471 e. The van der Waals surface area contributed by atoms with Crippen molar-refractivity contribution in [3.63, 3.8) is 0 Å². The molecular formula is C6H12N3O8P. The fraction of sp³-hybridized carbons (Fsp3) is 1.00. The van der Waals surface area contributed by atoms with E-state index in [0.717, 1.165) is 0 Å². The van der Waals surface area contributed by atoms with Gasteiger partial charge < -0.3 is 29.8 Å². The number of hydrogen-bond acceptors (Lipinski definition) is 7. The maximum atomic E-state index is 10.7. The molecule has 0 amide bonds. The molecule has 12 heteroatoms. The number of azide groups is 1. The second-order valence-electron chi connectivity index (χ2n) is 3.50. The van der Waals surface area contributed by atoms with Gasteiger partial charge in [0.2, 0.25) is 0 Å². The summed E-state index contributed by atoms with van der Waals surface area (Å²) in [5.41, 5.74) is 8.27. The molecule has 5 N–H and O–H groups in total. The standard InChI is InChI=1S/C6H12N3O8P/c7-9-8-3-5(12)4(11)2(1-10)16-6(3)17-18(13,14)15/h2-6,10-12H,1H2,(H2,13,14,15)/t2-,3+,4-,5-,6+/m1/s1. The number of phosphoric acid groups is 1. The molecule has 0 aromatic heterocycles. The first-order valence-corrected chi connectivity index (χ1v) is 6.23. The van der Waals surface area contributed by atoms with Gasteiger partial charge in [-0.1, -0.05) is 5.11 Å². The highest BCUT2D eigenvalue weighted by atomic mass is 31.2. The summed E-state index contributed by atoms with van der Waals surface area (Å²) in [5.74, 6) is 0. The van der Waals surface area contributed by atoms with Gasteiger partial charge in [0.05, 0.1) is 12.7 Å². The molecule has 1 saturated heterocycles. The highest BCUT2D eigenvalue weighted by Crippen LogP contribution is 2.41. The first-order valence-electron chi connectivity index (χ1n) is 4.70. The predicted octanol–water partition coefficient (Wildman–Crippen LogP) is -1.79. The average Bonchev–Trinajstić information content (AvgIpc) is 2.26. The Hall–Kier alpha value is -0.740. The van der Waals surface area contributed by atoms with Crippen molar-refractivity contribution in [1.82, 2.24) is 0 Å². The van der Waals surface area contributed by atoms with Gasteiger partial charge in [-0.05, 0) is 5.53 Å². The molecule has 1 fully saturated rings. The minimum atomic E-state index is -4.96. The van der Waals surface area contributed by atoms with E-state index in [2.05, 4.69) is 14.5 Å². The normalized spacial score (nSPS) is 37.1. The van der Waals surface area contributed by atoms with Gasteiger partial charge in [-0.2, -0.15) is 0 Å². The molecule has 0 saturated carbocycles. The van der Waals surface area contributed by atoms with Crippen molar-refractivity contribution in [2.24, 2.45) is 5.11 Å². The average molecular weight is 285 g/mol. The minimum absolute atomic E-state index is 0.720. The molecular weight excluding hydrogens is 273 g/mol. The van der Waals surface area contributed by atoms with Gasteiger partial charge in [0.1, 0.15) is 18.2 Å². The molecule has 1 aliphatic heterocycles. The third kappa shape index (κ3) is 3.62. The van der Waals surface area contributed by atoms with E-state index >= 15 is 0 Å². The van der Waals surface area contributed by atoms with E-state index in [-0.39, 0.29) is 0 Å². The third-order valence-electron chi connectivity index (χ3n) is 2.27. The van der Waals surface area contributed by atoms with Crippen LogP contribution in [0.5, 0.6) is 0 Å². The van der Waals surface area contributed by atoms with E-state index in [0.29, 0.717) is 0 Å². The lowest BCUT2D eigenvalue weighted by atomic mass is 9.98. The fourth-order valence-electron chi connectivity index (χ4n) is 1.47. The summed E-state index contributed by atoms with van der Waals surface area (Å²) in [6.07, 6.45) is -6.37. The Labute approximate surface area is 100 Å². The van der Waals surface area contributed by atoms with Crippen LogP contribution >= 0.6 is 7.82 Å². The number of phosphoric ester groups is 1. The monoisotopic (exact) mass is 285 g/mol. The fourth-order valence-corrected chi connectivity index (χ4v) is 1.92. The van der Waals surface area contributed by atoms with Gasteiger partial charge in [-0.15, -0.1) is 0 Å². The summed E-state index contributed by atoms with van der Waals surface area (Å²) in [4.78, 5) is 19.6. The summed E-state index contributed by atoms with van der Waals surface area (Å²) in [6, 6.07) is -1.56. The molecule has 18 heavy (non-hydrogen) atoms. The van der Waals surface area contributed by atoms with Crippen LogP contribution < -0.4 is 0 Å². The van der Waals surface area contributed by atoms with Crippen LogP contribution in [0.2, 0.25) is 0 Å². The smallest absolute Gasteiger partial charge is 0.394 e. The van der Waals surface area contributed by atoms with Gasteiger partial charge in [-0.25, -0.2) is 4.57 Å². The lowest BCUT2D eigenvalue weighted by Gasteiger charge is -2.39. The van der Waals surface area contributed by atoms with E-state index in [4.69, 9.17) is 25.2 Å². The van der Waals surface area contributed by atoms with Gasteiger partial charge in [-0.3, -0.25) is 4.52 Å². The lowest BCUT2D eigenvalue weighted by molar-refractivity contribution is -0.242. The molecule has 1 rings (SSSR count). The number of nitrogens with zero attached hydrogens (tertiary/aromatic N) is 3. The number of rotatable bonds is 4. The van der Waals surface area contributed by atoms with Gasteiger partial charge >= 0.3 is 7.82 Å². The van der Waals surface area contributed by atoms with Crippen LogP contribution in [0, 0.1) is 0 Å². The lowest BCUT2D eigenvalue weighted by Crippen LogP contribution is -2.58. The summed E-state index contributed by atoms with van der Waals surface area (Å²) >= 11 is 0. The molecule has 5 atom stereocenters. The Kier molecular flexibility index (Phi) is 5.05. The van der Waals surface area contributed by atoms with Crippen LogP contribution in [-0.4, -0.2) is 62.4 Å². The maximum Gasteiger partial charge on any atom is 0.471 e. The van der Waals surface area contributed by atoms with E-state index in [9.17, 15) is 14.8 Å². The van der Waals surface area contributed by atoms with Gasteiger partial charge in [0.25, 0.3) is 0 Å². The second kappa shape index (κ2) is 5.93. The predicted molar refractivity (Wildman–Crippen MR) is 53.8 cm³/mol. The van der Waals surface area contributed by atoms with Crippen LogP contribution in [0.15, 0.2) is 5.11 Å². The molecule has 0 aromatic carbocycles. The second-order valence-corrected chi connectivity index (χ2v) is 4.69. The molecule has 0 unspecified atom stereocenters. The zero-order valence-corrected chi connectivity index (χ0v) is 9.74. The maximum absolute atomic E-state index is 10.7. The van der Waals surface area contributed by atoms with E-state index in [1.807, 2.05) is 0 Å². The summed E-state index contributed by atoms with van der Waals surface area (Å²) in [6.45, 7) is -0.720. The molecule has 104 valence electrons. The molecule has 0 radical (unpaired) electrons. The van der Waals surface area contributed by atoms with Crippen molar-refractivity contribution >= 4 is 7.82 Å².